The predicted octanol–water partition coefficient (Wildman–Crippen LogP) is 5.71. The second-order valence-electron chi connectivity index (χ2n) is 8.23. The van der Waals surface area contributed by atoms with Crippen molar-refractivity contribution in [3.05, 3.63) is 59.4 Å². The lowest BCUT2D eigenvalue weighted by Gasteiger charge is -2.04. The summed E-state index contributed by atoms with van der Waals surface area (Å²) in [5.41, 5.74) is 6.58. The number of hydrogen-bond donors (Lipinski definition) is 0. The highest BCUT2D eigenvalue weighted by molar-refractivity contribution is 5.83. The van der Waals surface area contributed by atoms with E-state index in [1.807, 2.05) is 29.7 Å². The van der Waals surface area contributed by atoms with E-state index in [1.54, 1.807) is 0 Å². The van der Waals surface area contributed by atoms with Gasteiger partial charge in [0.25, 0.3) is 0 Å². The zero-order valence-corrected chi connectivity index (χ0v) is 17.6. The standard InChI is InChI=1S/C13H16N2.C11H14N2/c1-3-9-4-7-12-11(8-9)13(10-5-6-10)14-15(12)2;1-8(2)9-4-5-11-10(6-9)7-12-13(11)3/h4,7-8,10H,3,5-6H2,1-2H3;4-8H,1-3H3. The minimum Gasteiger partial charge on any atom is -0.268 e. The second kappa shape index (κ2) is 7.42. The third-order valence-electron chi connectivity index (χ3n) is 5.75. The molecule has 0 aliphatic heterocycles. The van der Waals surface area contributed by atoms with E-state index in [1.165, 1.54) is 51.5 Å². The van der Waals surface area contributed by atoms with Crippen molar-refractivity contribution in [2.24, 2.45) is 14.1 Å². The van der Waals surface area contributed by atoms with Crippen LogP contribution in [0.25, 0.3) is 21.8 Å². The Morgan fingerprint density at radius 1 is 1.00 bits per heavy atom. The van der Waals surface area contributed by atoms with E-state index >= 15 is 0 Å². The molecule has 0 spiro atoms. The van der Waals surface area contributed by atoms with Crippen LogP contribution in [-0.2, 0) is 20.5 Å². The third kappa shape index (κ3) is 3.56. The van der Waals surface area contributed by atoms with Crippen molar-refractivity contribution in [3.8, 4) is 0 Å². The molecule has 1 saturated carbocycles. The first-order chi connectivity index (χ1) is 13.5. The molecule has 0 saturated heterocycles. The van der Waals surface area contributed by atoms with Crippen molar-refractivity contribution >= 4 is 21.8 Å². The molecule has 0 radical (unpaired) electrons. The first-order valence-electron chi connectivity index (χ1n) is 10.3. The van der Waals surface area contributed by atoms with Crippen molar-refractivity contribution in [2.45, 2.75) is 51.9 Å². The zero-order chi connectivity index (χ0) is 19.8. The molecule has 2 aromatic carbocycles. The summed E-state index contributed by atoms with van der Waals surface area (Å²) in [5.74, 6) is 1.32. The van der Waals surface area contributed by atoms with Gasteiger partial charge in [0.05, 0.1) is 22.9 Å². The quantitative estimate of drug-likeness (QED) is 0.460. The Labute approximate surface area is 167 Å². The van der Waals surface area contributed by atoms with Gasteiger partial charge in [0.2, 0.25) is 0 Å². The van der Waals surface area contributed by atoms with E-state index in [9.17, 15) is 0 Å². The lowest BCUT2D eigenvalue weighted by molar-refractivity contribution is 0.767. The number of hydrogen-bond acceptors (Lipinski definition) is 2. The largest absolute Gasteiger partial charge is 0.268 e. The Hall–Kier alpha value is -2.62. The fourth-order valence-corrected chi connectivity index (χ4v) is 3.76. The molecule has 5 rings (SSSR count). The van der Waals surface area contributed by atoms with Gasteiger partial charge in [0, 0.05) is 30.8 Å². The highest BCUT2D eigenvalue weighted by atomic mass is 15.3. The molecular weight excluding hydrogens is 344 g/mol. The maximum absolute atomic E-state index is 4.64. The molecule has 4 heteroatoms. The molecule has 0 unspecified atom stereocenters. The summed E-state index contributed by atoms with van der Waals surface area (Å²) in [7, 11) is 4.01. The molecule has 2 aromatic heterocycles. The van der Waals surface area contributed by atoms with E-state index in [0.29, 0.717) is 5.92 Å². The normalized spacial score (nSPS) is 13.9. The van der Waals surface area contributed by atoms with Crippen molar-refractivity contribution in [2.75, 3.05) is 0 Å². The van der Waals surface area contributed by atoms with Crippen LogP contribution in [0.4, 0.5) is 0 Å². The minimum atomic E-state index is 0.588. The molecule has 1 aliphatic carbocycles. The second-order valence-corrected chi connectivity index (χ2v) is 8.23. The van der Waals surface area contributed by atoms with E-state index in [2.05, 4.69) is 67.4 Å². The van der Waals surface area contributed by atoms with Crippen LogP contribution in [0.1, 0.15) is 62.3 Å². The fourth-order valence-electron chi connectivity index (χ4n) is 3.76. The van der Waals surface area contributed by atoms with Crippen molar-refractivity contribution in [1.82, 2.24) is 19.6 Å². The van der Waals surface area contributed by atoms with Crippen LogP contribution in [0.2, 0.25) is 0 Å². The number of benzene rings is 2. The van der Waals surface area contributed by atoms with Crippen LogP contribution in [0, 0.1) is 0 Å². The highest BCUT2D eigenvalue weighted by Crippen LogP contribution is 2.42. The highest BCUT2D eigenvalue weighted by Gasteiger charge is 2.28. The van der Waals surface area contributed by atoms with Gasteiger partial charge in [0.1, 0.15) is 0 Å². The summed E-state index contributed by atoms with van der Waals surface area (Å²) in [5, 5.41) is 11.5. The lowest BCUT2D eigenvalue weighted by atomic mass is 10.0. The van der Waals surface area contributed by atoms with Gasteiger partial charge in [-0.25, -0.2) is 0 Å². The smallest absolute Gasteiger partial charge is 0.0734 e. The lowest BCUT2D eigenvalue weighted by Crippen LogP contribution is -1.90. The van der Waals surface area contributed by atoms with Crippen LogP contribution >= 0.6 is 0 Å². The summed E-state index contributed by atoms with van der Waals surface area (Å²) < 4.78 is 3.92. The molecule has 0 bridgehead atoms. The summed E-state index contributed by atoms with van der Waals surface area (Å²) in [6.07, 6.45) is 5.67. The minimum absolute atomic E-state index is 0.588. The number of aromatic nitrogens is 4. The molecule has 0 atom stereocenters. The number of nitrogens with zero attached hydrogens (tertiary/aromatic N) is 4. The molecule has 4 nitrogen and oxygen atoms in total. The summed E-state index contributed by atoms with van der Waals surface area (Å²) in [4.78, 5) is 0. The summed E-state index contributed by atoms with van der Waals surface area (Å²) >= 11 is 0. The van der Waals surface area contributed by atoms with Crippen LogP contribution in [-0.4, -0.2) is 19.6 Å². The first kappa shape index (κ1) is 18.7. The number of rotatable bonds is 3. The van der Waals surface area contributed by atoms with Gasteiger partial charge >= 0.3 is 0 Å². The van der Waals surface area contributed by atoms with E-state index in [-0.39, 0.29) is 0 Å². The van der Waals surface area contributed by atoms with Gasteiger partial charge in [0.15, 0.2) is 0 Å². The Morgan fingerprint density at radius 2 is 1.75 bits per heavy atom. The van der Waals surface area contributed by atoms with E-state index in [0.717, 1.165) is 12.3 Å². The van der Waals surface area contributed by atoms with Gasteiger partial charge in [-0.2, -0.15) is 10.2 Å². The monoisotopic (exact) mass is 374 g/mol. The van der Waals surface area contributed by atoms with Gasteiger partial charge in [-0.1, -0.05) is 32.9 Å². The molecule has 4 aromatic rings. The van der Waals surface area contributed by atoms with Gasteiger partial charge < -0.3 is 0 Å². The SMILES string of the molecule is CC(C)c1ccc2c(cnn2C)c1.CCc1ccc2c(c1)c(C1CC1)nn2C. The molecular formula is C24H30N4. The van der Waals surface area contributed by atoms with Crippen LogP contribution < -0.4 is 0 Å². The zero-order valence-electron chi connectivity index (χ0n) is 17.6. The average molecular weight is 375 g/mol. The molecule has 1 fully saturated rings. The topological polar surface area (TPSA) is 35.6 Å². The third-order valence-corrected chi connectivity index (χ3v) is 5.75. The maximum atomic E-state index is 4.64. The van der Waals surface area contributed by atoms with Crippen LogP contribution in [0.5, 0.6) is 0 Å². The van der Waals surface area contributed by atoms with Gasteiger partial charge in [-0.3, -0.25) is 9.36 Å². The fraction of sp³-hybridized carbons (Fsp3) is 0.417. The molecule has 1 aliphatic rings. The van der Waals surface area contributed by atoms with E-state index < -0.39 is 0 Å². The molecule has 0 amide bonds. The Bertz CT molecular complexity index is 1110. The molecule has 146 valence electrons. The number of fused-ring (bicyclic) bond motifs is 2. The summed E-state index contributed by atoms with van der Waals surface area (Å²) in [6.45, 7) is 6.61. The number of aryl methyl sites for hydroxylation is 3. The maximum Gasteiger partial charge on any atom is 0.0734 e. The Kier molecular flexibility index (Phi) is 4.96. The van der Waals surface area contributed by atoms with Crippen molar-refractivity contribution < 1.29 is 0 Å². The van der Waals surface area contributed by atoms with Gasteiger partial charge in [-0.15, -0.1) is 0 Å². The molecule has 28 heavy (non-hydrogen) atoms. The first-order valence-corrected chi connectivity index (χ1v) is 10.3. The average Bonchev–Trinajstić information content (AvgIpc) is 3.41. The van der Waals surface area contributed by atoms with E-state index in [4.69, 9.17) is 0 Å². The van der Waals surface area contributed by atoms with Crippen LogP contribution in [0.15, 0.2) is 42.6 Å². The van der Waals surface area contributed by atoms with Crippen LogP contribution in [0.3, 0.4) is 0 Å². The Balaban J connectivity index is 0.000000139. The van der Waals surface area contributed by atoms with Crippen molar-refractivity contribution in [3.63, 3.8) is 0 Å². The summed E-state index contributed by atoms with van der Waals surface area (Å²) in [6, 6.07) is 13.3. The molecule has 0 N–H and O–H groups in total. The van der Waals surface area contributed by atoms with Gasteiger partial charge in [-0.05, 0) is 60.6 Å². The predicted molar refractivity (Wildman–Crippen MR) is 117 cm³/mol. The molecule has 2 heterocycles. The van der Waals surface area contributed by atoms with Crippen molar-refractivity contribution in [1.29, 1.82) is 0 Å². The Morgan fingerprint density at radius 3 is 2.43 bits per heavy atom.